The molecule has 0 bridgehead atoms. The van der Waals surface area contributed by atoms with Gasteiger partial charge in [0.15, 0.2) is 0 Å². The summed E-state index contributed by atoms with van der Waals surface area (Å²) >= 11 is 1.99. The van der Waals surface area contributed by atoms with E-state index in [9.17, 15) is 4.79 Å². The third-order valence-electron chi connectivity index (χ3n) is 3.40. The van der Waals surface area contributed by atoms with Crippen molar-refractivity contribution >= 4 is 17.7 Å². The summed E-state index contributed by atoms with van der Waals surface area (Å²) in [4.78, 5) is 13.8. The predicted octanol–water partition coefficient (Wildman–Crippen LogP) is 1.77. The molecule has 0 saturated carbocycles. The first kappa shape index (κ1) is 12.2. The van der Waals surface area contributed by atoms with Crippen molar-refractivity contribution in [3.8, 4) is 0 Å². The maximum Gasteiger partial charge on any atom is 0.222 e. The Morgan fingerprint density at radius 3 is 2.75 bits per heavy atom. The van der Waals surface area contributed by atoms with Crippen LogP contribution in [0.5, 0.6) is 0 Å². The third-order valence-corrected chi connectivity index (χ3v) is 4.98. The number of rotatable bonds is 3. The Morgan fingerprint density at radius 2 is 2.25 bits per heavy atom. The van der Waals surface area contributed by atoms with E-state index < -0.39 is 0 Å². The summed E-state index contributed by atoms with van der Waals surface area (Å²) in [6.07, 6.45) is 2.20. The number of methoxy groups -OCH3 is 1. The van der Waals surface area contributed by atoms with E-state index in [4.69, 9.17) is 4.74 Å². The van der Waals surface area contributed by atoms with Gasteiger partial charge in [-0.1, -0.05) is 13.8 Å². The molecule has 1 atom stereocenters. The second-order valence-electron chi connectivity index (χ2n) is 5.40. The van der Waals surface area contributed by atoms with Crippen molar-refractivity contribution in [1.82, 2.24) is 4.90 Å². The molecular formula is C12H21NO2S. The molecule has 2 aliphatic heterocycles. The maximum atomic E-state index is 11.8. The van der Waals surface area contributed by atoms with Crippen molar-refractivity contribution in [2.45, 2.75) is 37.5 Å². The predicted molar refractivity (Wildman–Crippen MR) is 66.6 cm³/mol. The number of carbonyl (C=O) groups is 1. The van der Waals surface area contributed by atoms with E-state index in [0.29, 0.717) is 29.1 Å². The molecule has 0 aromatic heterocycles. The molecule has 2 fully saturated rings. The van der Waals surface area contributed by atoms with Gasteiger partial charge in [0.1, 0.15) is 0 Å². The van der Waals surface area contributed by atoms with Crippen LogP contribution in [0.3, 0.4) is 0 Å². The van der Waals surface area contributed by atoms with Gasteiger partial charge in [-0.2, -0.15) is 0 Å². The van der Waals surface area contributed by atoms with Gasteiger partial charge in [-0.25, -0.2) is 0 Å². The Bertz CT molecular complexity index is 274. The maximum absolute atomic E-state index is 11.8. The molecule has 2 rings (SSSR count). The molecule has 92 valence electrons. The first-order valence-corrected chi connectivity index (χ1v) is 6.98. The number of carbonyl (C=O) groups excluding carboxylic acids is 1. The zero-order valence-electron chi connectivity index (χ0n) is 10.4. The smallest absolute Gasteiger partial charge is 0.222 e. The van der Waals surface area contributed by atoms with Crippen LogP contribution in [0.1, 0.15) is 26.7 Å². The summed E-state index contributed by atoms with van der Waals surface area (Å²) in [5.41, 5.74) is 0. The fourth-order valence-corrected chi connectivity index (χ4v) is 4.07. The summed E-state index contributed by atoms with van der Waals surface area (Å²) in [5.74, 6) is 1.87. The highest BCUT2D eigenvalue weighted by Gasteiger charge is 2.50. The van der Waals surface area contributed by atoms with Crippen LogP contribution in [0.25, 0.3) is 0 Å². The zero-order chi connectivity index (χ0) is 11.8. The van der Waals surface area contributed by atoms with Gasteiger partial charge in [0.2, 0.25) is 5.91 Å². The van der Waals surface area contributed by atoms with Gasteiger partial charge >= 0.3 is 0 Å². The molecule has 3 nitrogen and oxygen atoms in total. The van der Waals surface area contributed by atoms with Gasteiger partial charge in [-0.05, 0) is 12.3 Å². The quantitative estimate of drug-likeness (QED) is 0.756. The van der Waals surface area contributed by atoms with Gasteiger partial charge < -0.3 is 9.64 Å². The first-order valence-electron chi connectivity index (χ1n) is 5.99. The molecule has 0 aromatic rings. The Labute approximate surface area is 102 Å². The number of thioether (sulfide) groups is 1. The van der Waals surface area contributed by atoms with Crippen LogP contribution < -0.4 is 0 Å². The standard InChI is InChI=1S/C12H21NO2S/c1-9(2)4-11(14)13-7-12(8-13)5-10(15-3)6-16-12/h9-10H,4-8H2,1-3H3/t10-/m1/s1. The van der Waals surface area contributed by atoms with E-state index in [1.807, 2.05) is 16.7 Å². The minimum Gasteiger partial charge on any atom is -0.381 e. The highest BCUT2D eigenvalue weighted by Crippen LogP contribution is 2.46. The lowest BCUT2D eigenvalue weighted by molar-refractivity contribution is -0.137. The van der Waals surface area contributed by atoms with Crippen molar-refractivity contribution in [1.29, 1.82) is 0 Å². The van der Waals surface area contributed by atoms with Gasteiger partial charge in [-0.15, -0.1) is 11.8 Å². The Kier molecular flexibility index (Phi) is 3.50. The highest BCUT2D eigenvalue weighted by atomic mass is 32.2. The molecule has 1 amide bonds. The lowest BCUT2D eigenvalue weighted by Crippen LogP contribution is -2.60. The third kappa shape index (κ3) is 2.38. The van der Waals surface area contributed by atoms with E-state index in [1.165, 1.54) is 0 Å². The number of hydrogen-bond donors (Lipinski definition) is 0. The second kappa shape index (κ2) is 4.57. The number of likely N-dealkylation sites (tertiary alicyclic amines) is 1. The van der Waals surface area contributed by atoms with Crippen molar-refractivity contribution in [2.75, 3.05) is 26.0 Å². The molecule has 0 unspecified atom stereocenters. The van der Waals surface area contributed by atoms with E-state index in [1.54, 1.807) is 7.11 Å². The fraction of sp³-hybridized carbons (Fsp3) is 0.917. The summed E-state index contributed by atoms with van der Waals surface area (Å²) in [6.45, 7) is 6.06. The molecule has 1 spiro atoms. The van der Waals surface area contributed by atoms with E-state index >= 15 is 0 Å². The normalized spacial score (nSPS) is 27.5. The van der Waals surface area contributed by atoms with Crippen LogP contribution in [-0.2, 0) is 9.53 Å². The van der Waals surface area contributed by atoms with E-state index in [-0.39, 0.29) is 0 Å². The van der Waals surface area contributed by atoms with Crippen LogP contribution in [-0.4, -0.2) is 47.6 Å². The van der Waals surface area contributed by atoms with Crippen LogP contribution in [0.15, 0.2) is 0 Å². The minimum atomic E-state index is 0.321. The van der Waals surface area contributed by atoms with Gasteiger partial charge in [0, 0.05) is 32.4 Å². The summed E-state index contributed by atoms with van der Waals surface area (Å²) in [5, 5.41) is 0. The van der Waals surface area contributed by atoms with Crippen molar-refractivity contribution in [2.24, 2.45) is 5.92 Å². The fourth-order valence-electron chi connectivity index (χ4n) is 2.48. The molecule has 0 N–H and O–H groups in total. The van der Waals surface area contributed by atoms with E-state index in [2.05, 4.69) is 13.8 Å². The van der Waals surface area contributed by atoms with Crippen LogP contribution >= 0.6 is 11.8 Å². The summed E-state index contributed by atoms with van der Waals surface area (Å²) in [6, 6.07) is 0. The molecular weight excluding hydrogens is 222 g/mol. The van der Waals surface area contributed by atoms with Gasteiger partial charge in [0.25, 0.3) is 0 Å². The van der Waals surface area contributed by atoms with Crippen LogP contribution in [0, 0.1) is 5.92 Å². The molecule has 16 heavy (non-hydrogen) atoms. The lowest BCUT2D eigenvalue weighted by Gasteiger charge is -2.47. The largest absolute Gasteiger partial charge is 0.381 e. The average Bonchev–Trinajstić information content (AvgIpc) is 2.58. The van der Waals surface area contributed by atoms with Crippen molar-refractivity contribution < 1.29 is 9.53 Å². The molecule has 2 aliphatic rings. The van der Waals surface area contributed by atoms with Crippen molar-refractivity contribution in [3.63, 3.8) is 0 Å². The van der Waals surface area contributed by atoms with E-state index in [0.717, 1.165) is 25.3 Å². The summed E-state index contributed by atoms with van der Waals surface area (Å²) < 4.78 is 5.70. The summed E-state index contributed by atoms with van der Waals surface area (Å²) in [7, 11) is 1.78. The van der Waals surface area contributed by atoms with Crippen LogP contribution in [0.2, 0.25) is 0 Å². The monoisotopic (exact) mass is 243 g/mol. The first-order chi connectivity index (χ1) is 7.54. The average molecular weight is 243 g/mol. The SMILES string of the molecule is CO[C@H]1CSC2(C1)CN(C(=O)CC(C)C)C2. The topological polar surface area (TPSA) is 29.5 Å². The Morgan fingerprint density at radius 1 is 1.56 bits per heavy atom. The Hall–Kier alpha value is -0.220. The molecule has 0 aromatic carbocycles. The molecule has 2 heterocycles. The Balaban J connectivity index is 1.79. The molecule has 0 aliphatic carbocycles. The number of amides is 1. The lowest BCUT2D eigenvalue weighted by atomic mass is 9.92. The second-order valence-corrected chi connectivity index (χ2v) is 6.89. The number of nitrogens with zero attached hydrogens (tertiary/aromatic N) is 1. The number of ether oxygens (including phenoxy) is 1. The minimum absolute atomic E-state index is 0.321. The van der Waals surface area contributed by atoms with Gasteiger partial charge in [-0.3, -0.25) is 4.79 Å². The molecule has 2 saturated heterocycles. The number of hydrogen-bond acceptors (Lipinski definition) is 3. The van der Waals surface area contributed by atoms with Crippen molar-refractivity contribution in [3.05, 3.63) is 0 Å². The van der Waals surface area contributed by atoms with Gasteiger partial charge in [0.05, 0.1) is 10.9 Å². The highest BCUT2D eigenvalue weighted by molar-refractivity contribution is 8.01. The molecule has 0 radical (unpaired) electrons. The molecule has 4 heteroatoms. The zero-order valence-corrected chi connectivity index (χ0v) is 11.2. The van der Waals surface area contributed by atoms with Crippen LogP contribution in [0.4, 0.5) is 0 Å².